The van der Waals surface area contributed by atoms with Crippen LogP contribution in [-0.4, -0.2) is 6.98 Å². The molecule has 0 radical (unpaired) electrons. The molecule has 0 unspecified atom stereocenters. The maximum absolute atomic E-state index is 12.1. The predicted octanol–water partition coefficient (Wildman–Crippen LogP) is 3.87. The molecule has 13 heavy (non-hydrogen) atoms. The third-order valence-corrected chi connectivity index (χ3v) is 2.75. The summed E-state index contributed by atoms with van der Waals surface area (Å²) < 4.78 is 36.8. The summed E-state index contributed by atoms with van der Waals surface area (Å²) in [6, 6.07) is 4.52. The molecule has 0 aliphatic heterocycles. The maximum Gasteiger partial charge on any atom is 0.482 e. The van der Waals surface area contributed by atoms with Gasteiger partial charge in [-0.05, 0) is 40.8 Å². The van der Waals surface area contributed by atoms with E-state index >= 15 is 0 Å². The Morgan fingerprint density at radius 3 is 2.46 bits per heavy atom. The van der Waals surface area contributed by atoms with Crippen molar-refractivity contribution in [3.63, 3.8) is 0 Å². The summed E-state index contributed by atoms with van der Waals surface area (Å²) in [5, 5.41) is 0.343. The standard InChI is InChI=1S/C7H5BClF3I/c9-6-1-2-7(13)5(3-6)4-8(10,11)12/h1-3H,4H2/q-1. The average Bonchev–Trinajstić information content (AvgIpc) is 1.94. The minimum Gasteiger partial charge on any atom is -0.449 e. The second-order valence-corrected chi connectivity index (χ2v) is 4.25. The molecule has 0 aliphatic rings. The van der Waals surface area contributed by atoms with Crippen molar-refractivity contribution in [2.75, 3.05) is 0 Å². The molecule has 0 fully saturated rings. The molecule has 0 heterocycles. The minimum atomic E-state index is -4.78. The first-order valence-electron chi connectivity index (χ1n) is 3.53. The molecular weight excluding hydrogens is 314 g/mol. The van der Waals surface area contributed by atoms with E-state index < -0.39 is 13.3 Å². The molecule has 0 saturated heterocycles. The van der Waals surface area contributed by atoms with Crippen LogP contribution in [-0.2, 0) is 6.32 Å². The predicted molar refractivity (Wildman–Crippen MR) is 57.0 cm³/mol. The Morgan fingerprint density at radius 2 is 1.92 bits per heavy atom. The highest BCUT2D eigenvalue weighted by Crippen LogP contribution is 2.23. The topological polar surface area (TPSA) is 0 Å². The Labute approximate surface area is 92.7 Å². The van der Waals surface area contributed by atoms with Crippen LogP contribution in [0.1, 0.15) is 5.56 Å². The zero-order valence-corrected chi connectivity index (χ0v) is 9.32. The van der Waals surface area contributed by atoms with E-state index in [0.717, 1.165) is 0 Å². The summed E-state index contributed by atoms with van der Waals surface area (Å²) >= 11 is 7.45. The van der Waals surface area contributed by atoms with Crippen molar-refractivity contribution < 1.29 is 12.9 Å². The van der Waals surface area contributed by atoms with Gasteiger partial charge in [0.1, 0.15) is 0 Å². The quantitative estimate of drug-likeness (QED) is 0.573. The van der Waals surface area contributed by atoms with Crippen LogP contribution in [0, 0.1) is 3.57 Å². The van der Waals surface area contributed by atoms with E-state index in [1.807, 2.05) is 22.6 Å². The van der Waals surface area contributed by atoms with E-state index in [-0.39, 0.29) is 5.56 Å². The Kier molecular flexibility index (Phi) is 3.51. The van der Waals surface area contributed by atoms with Crippen LogP contribution in [0.3, 0.4) is 0 Å². The van der Waals surface area contributed by atoms with Crippen molar-refractivity contribution in [2.24, 2.45) is 0 Å². The molecule has 0 saturated carbocycles. The Bertz CT molecular complexity index is 313. The highest BCUT2D eigenvalue weighted by Gasteiger charge is 2.24. The number of rotatable bonds is 2. The van der Waals surface area contributed by atoms with E-state index in [2.05, 4.69) is 0 Å². The summed E-state index contributed by atoms with van der Waals surface area (Å²) in [6.45, 7) is -4.78. The van der Waals surface area contributed by atoms with E-state index in [1.54, 1.807) is 12.1 Å². The lowest BCUT2D eigenvalue weighted by atomic mass is 9.82. The third kappa shape index (κ3) is 3.76. The molecule has 72 valence electrons. The Morgan fingerprint density at radius 1 is 1.31 bits per heavy atom. The molecule has 0 aliphatic carbocycles. The van der Waals surface area contributed by atoms with E-state index in [4.69, 9.17) is 11.6 Å². The summed E-state index contributed by atoms with van der Waals surface area (Å²) in [5.74, 6) is 0. The Hall–Kier alpha value is 0.0949. The lowest BCUT2D eigenvalue weighted by Gasteiger charge is -2.14. The third-order valence-electron chi connectivity index (χ3n) is 1.46. The van der Waals surface area contributed by atoms with E-state index in [1.165, 1.54) is 6.07 Å². The molecule has 0 nitrogen and oxygen atoms in total. The molecule has 1 aromatic rings. The Balaban J connectivity index is 2.94. The van der Waals surface area contributed by atoms with Crippen molar-refractivity contribution in [1.82, 2.24) is 0 Å². The van der Waals surface area contributed by atoms with Crippen molar-refractivity contribution in [3.8, 4) is 0 Å². The highest BCUT2D eigenvalue weighted by molar-refractivity contribution is 14.1. The largest absolute Gasteiger partial charge is 0.482 e. The molecule has 0 N–H and O–H groups in total. The molecule has 6 heteroatoms. The average molecular weight is 319 g/mol. The number of hydrogen-bond acceptors (Lipinski definition) is 0. The van der Waals surface area contributed by atoms with Gasteiger partial charge in [-0.3, -0.25) is 0 Å². The van der Waals surface area contributed by atoms with Crippen molar-refractivity contribution in [2.45, 2.75) is 6.32 Å². The van der Waals surface area contributed by atoms with Crippen LogP contribution in [0.2, 0.25) is 5.02 Å². The molecule has 0 spiro atoms. The molecule has 1 rings (SSSR count). The lowest BCUT2D eigenvalue weighted by Crippen LogP contribution is -2.19. The van der Waals surface area contributed by atoms with Crippen molar-refractivity contribution >= 4 is 41.2 Å². The van der Waals surface area contributed by atoms with Crippen molar-refractivity contribution in [1.29, 1.82) is 0 Å². The van der Waals surface area contributed by atoms with Gasteiger partial charge in [0.2, 0.25) is 0 Å². The van der Waals surface area contributed by atoms with Gasteiger partial charge in [0, 0.05) is 8.59 Å². The SMILES string of the molecule is F[B-](F)(F)Cc1cc(Cl)ccc1I. The molecule has 1 aromatic carbocycles. The van der Waals surface area contributed by atoms with E-state index in [0.29, 0.717) is 8.59 Å². The van der Waals surface area contributed by atoms with Gasteiger partial charge >= 0.3 is 6.98 Å². The van der Waals surface area contributed by atoms with Gasteiger partial charge in [-0.2, -0.15) is 0 Å². The second-order valence-electron chi connectivity index (χ2n) is 2.65. The maximum atomic E-state index is 12.1. The monoisotopic (exact) mass is 319 g/mol. The minimum absolute atomic E-state index is 0.251. The fraction of sp³-hybridized carbons (Fsp3) is 0.143. The van der Waals surface area contributed by atoms with Gasteiger partial charge in [0.05, 0.1) is 0 Å². The van der Waals surface area contributed by atoms with E-state index in [9.17, 15) is 12.9 Å². The van der Waals surface area contributed by atoms with Crippen LogP contribution in [0.25, 0.3) is 0 Å². The first-order valence-corrected chi connectivity index (χ1v) is 4.99. The first kappa shape index (κ1) is 11.2. The highest BCUT2D eigenvalue weighted by atomic mass is 127. The lowest BCUT2D eigenvalue weighted by molar-refractivity contribution is 0.468. The normalized spacial score (nSPS) is 11.8. The second kappa shape index (κ2) is 4.08. The number of hydrogen-bond donors (Lipinski definition) is 0. The van der Waals surface area contributed by atoms with Gasteiger partial charge in [-0.1, -0.05) is 23.5 Å². The smallest absolute Gasteiger partial charge is 0.449 e. The van der Waals surface area contributed by atoms with Gasteiger partial charge < -0.3 is 12.9 Å². The van der Waals surface area contributed by atoms with Gasteiger partial charge in [-0.15, -0.1) is 0 Å². The van der Waals surface area contributed by atoms with Gasteiger partial charge in [0.25, 0.3) is 0 Å². The molecule has 0 amide bonds. The van der Waals surface area contributed by atoms with Crippen LogP contribution < -0.4 is 0 Å². The molecular formula is C7H5BClF3I-. The van der Waals surface area contributed by atoms with Crippen LogP contribution >= 0.6 is 34.2 Å². The summed E-state index contributed by atoms with van der Waals surface area (Å²) in [5.41, 5.74) is 0.251. The van der Waals surface area contributed by atoms with Crippen molar-refractivity contribution in [3.05, 3.63) is 32.4 Å². The first-order chi connectivity index (χ1) is 5.88. The van der Waals surface area contributed by atoms with Crippen LogP contribution in [0.4, 0.5) is 12.9 Å². The summed E-state index contributed by atoms with van der Waals surface area (Å²) in [4.78, 5) is 0. The molecule has 0 aromatic heterocycles. The van der Waals surface area contributed by atoms with Crippen LogP contribution in [0.5, 0.6) is 0 Å². The fourth-order valence-electron chi connectivity index (χ4n) is 0.949. The zero-order chi connectivity index (χ0) is 10.1. The fourth-order valence-corrected chi connectivity index (χ4v) is 1.70. The zero-order valence-electron chi connectivity index (χ0n) is 6.41. The van der Waals surface area contributed by atoms with Crippen LogP contribution in [0.15, 0.2) is 18.2 Å². The molecule has 0 bridgehead atoms. The molecule has 0 atom stereocenters. The summed E-state index contributed by atoms with van der Waals surface area (Å²) in [7, 11) is 0. The number of halogens is 5. The number of benzene rings is 1. The summed E-state index contributed by atoms with van der Waals surface area (Å²) in [6.07, 6.45) is -0.862. The van der Waals surface area contributed by atoms with Gasteiger partial charge in [0.15, 0.2) is 0 Å². The van der Waals surface area contributed by atoms with Gasteiger partial charge in [-0.25, -0.2) is 0 Å².